The van der Waals surface area contributed by atoms with Crippen molar-refractivity contribution in [1.82, 2.24) is 9.47 Å². The van der Waals surface area contributed by atoms with E-state index in [2.05, 4.69) is 0 Å². The van der Waals surface area contributed by atoms with Crippen molar-refractivity contribution in [3.05, 3.63) is 64.7 Å². The number of nitrogens with zero attached hydrogens (tertiary/aromatic N) is 3. The van der Waals surface area contributed by atoms with Crippen LogP contribution in [0.3, 0.4) is 0 Å². The number of aliphatic imine (C=N–C) groups is 1. The van der Waals surface area contributed by atoms with E-state index in [1.165, 1.54) is 11.8 Å². The van der Waals surface area contributed by atoms with E-state index >= 15 is 0 Å². The highest BCUT2D eigenvalue weighted by Gasteiger charge is 2.31. The zero-order valence-electron chi connectivity index (χ0n) is 19.0. The highest BCUT2D eigenvalue weighted by molar-refractivity contribution is 8.18. The smallest absolute Gasteiger partial charge is 0.325 e. The summed E-state index contributed by atoms with van der Waals surface area (Å²) in [7, 11) is 1.74. The Bertz CT molecular complexity index is 1290. The van der Waals surface area contributed by atoms with E-state index in [0.717, 1.165) is 32.7 Å². The molecule has 0 saturated carbocycles. The Hall–Kier alpha value is -2.97. The largest absolute Gasteiger partial charge is 0.465 e. The first-order valence-corrected chi connectivity index (χ1v) is 12.6. The molecule has 1 amide bonds. The summed E-state index contributed by atoms with van der Waals surface area (Å²) in [6.45, 7) is 4.23. The van der Waals surface area contributed by atoms with Crippen LogP contribution in [0.15, 0.2) is 63.3 Å². The first-order valence-electron chi connectivity index (χ1n) is 10.6. The third-order valence-electron chi connectivity index (χ3n) is 5.43. The maximum absolute atomic E-state index is 13.0. The van der Waals surface area contributed by atoms with E-state index < -0.39 is 0 Å². The number of amidine groups is 1. The molecule has 4 rings (SSSR count). The van der Waals surface area contributed by atoms with Gasteiger partial charge >= 0.3 is 5.97 Å². The fourth-order valence-corrected chi connectivity index (χ4v) is 5.17. The average molecular weight is 480 g/mol. The second-order valence-electron chi connectivity index (χ2n) is 7.48. The van der Waals surface area contributed by atoms with Gasteiger partial charge in [0.2, 0.25) is 0 Å². The molecule has 0 radical (unpaired) electrons. The van der Waals surface area contributed by atoms with Gasteiger partial charge in [0.05, 0.1) is 17.2 Å². The molecule has 33 heavy (non-hydrogen) atoms. The molecule has 170 valence electrons. The fourth-order valence-electron chi connectivity index (χ4n) is 3.75. The van der Waals surface area contributed by atoms with Gasteiger partial charge in [-0.1, -0.05) is 24.3 Å². The number of hydrogen-bond donors (Lipinski definition) is 0. The highest BCUT2D eigenvalue weighted by atomic mass is 32.2. The van der Waals surface area contributed by atoms with Gasteiger partial charge in [-0.3, -0.25) is 14.5 Å². The zero-order valence-corrected chi connectivity index (χ0v) is 20.6. The van der Waals surface area contributed by atoms with Gasteiger partial charge in [-0.05, 0) is 62.2 Å². The second kappa shape index (κ2) is 9.89. The molecule has 0 unspecified atom stereocenters. The molecule has 1 aliphatic heterocycles. The van der Waals surface area contributed by atoms with E-state index in [1.54, 1.807) is 30.6 Å². The summed E-state index contributed by atoms with van der Waals surface area (Å²) < 4.78 is 7.09. The fraction of sp³-hybridized carbons (Fsp3) is 0.240. The summed E-state index contributed by atoms with van der Waals surface area (Å²) in [6, 6.07) is 15.8. The lowest BCUT2D eigenvalue weighted by molar-refractivity contribution is -0.143. The van der Waals surface area contributed by atoms with E-state index in [4.69, 9.17) is 9.73 Å². The number of likely N-dealkylation sites (N-methyl/N-ethyl adjacent to an activating group) is 1. The molecule has 3 aromatic rings. The summed E-state index contributed by atoms with van der Waals surface area (Å²) in [5.41, 5.74) is 3.57. The number of fused-ring (bicyclic) bond motifs is 1. The number of rotatable bonds is 6. The van der Waals surface area contributed by atoms with Gasteiger partial charge in [-0.15, -0.1) is 11.8 Å². The normalized spacial score (nSPS) is 16.4. The molecule has 1 aliphatic rings. The zero-order chi connectivity index (χ0) is 23.5. The molecule has 0 bridgehead atoms. The van der Waals surface area contributed by atoms with Crippen LogP contribution >= 0.6 is 23.5 Å². The maximum atomic E-state index is 13.0. The summed E-state index contributed by atoms with van der Waals surface area (Å²) in [5, 5.41) is 1.62. The van der Waals surface area contributed by atoms with Crippen molar-refractivity contribution >= 4 is 63.2 Å². The minimum Gasteiger partial charge on any atom is -0.465 e. The Morgan fingerprint density at radius 3 is 2.76 bits per heavy atom. The number of carbonyl (C=O) groups excluding carboxylic acids is 2. The van der Waals surface area contributed by atoms with E-state index in [0.29, 0.717) is 16.7 Å². The minimum absolute atomic E-state index is 0.0959. The van der Waals surface area contributed by atoms with Crippen LogP contribution < -0.4 is 0 Å². The average Bonchev–Trinajstić information content (AvgIpc) is 3.23. The molecule has 1 aromatic heterocycles. The van der Waals surface area contributed by atoms with E-state index in [9.17, 15) is 9.59 Å². The lowest BCUT2D eigenvalue weighted by Gasteiger charge is -2.08. The summed E-state index contributed by atoms with van der Waals surface area (Å²) >= 11 is 3.01. The number of carbonyl (C=O) groups is 2. The van der Waals surface area contributed by atoms with Gasteiger partial charge in [0, 0.05) is 34.1 Å². The molecule has 0 N–H and O–H groups in total. The number of hydrogen-bond acceptors (Lipinski definition) is 6. The van der Waals surface area contributed by atoms with Crippen molar-refractivity contribution in [2.24, 2.45) is 4.99 Å². The molecule has 2 heterocycles. The molecule has 1 saturated heterocycles. The quantitative estimate of drug-likeness (QED) is 0.267. The Morgan fingerprint density at radius 2 is 2.00 bits per heavy atom. The van der Waals surface area contributed by atoms with Crippen LogP contribution in [0.2, 0.25) is 0 Å². The number of para-hydroxylation sites is 1. The number of ether oxygens (including phenoxy) is 1. The molecular weight excluding hydrogens is 454 g/mol. The van der Waals surface area contributed by atoms with Crippen LogP contribution in [0.5, 0.6) is 0 Å². The van der Waals surface area contributed by atoms with Crippen molar-refractivity contribution in [3.63, 3.8) is 0 Å². The molecule has 6 nitrogen and oxygen atoms in total. The molecular formula is C25H25N3O3S2. The third-order valence-corrected chi connectivity index (χ3v) is 7.21. The highest BCUT2D eigenvalue weighted by Crippen LogP contribution is 2.36. The first kappa shape index (κ1) is 23.2. The number of aromatic nitrogens is 1. The topological polar surface area (TPSA) is 63.9 Å². The molecule has 2 aromatic carbocycles. The van der Waals surface area contributed by atoms with Crippen molar-refractivity contribution in [2.75, 3.05) is 19.9 Å². The summed E-state index contributed by atoms with van der Waals surface area (Å²) in [6.07, 6.45) is 3.93. The predicted molar refractivity (Wildman–Crippen MR) is 137 cm³/mol. The lowest BCUT2D eigenvalue weighted by atomic mass is 10.1. The van der Waals surface area contributed by atoms with Gasteiger partial charge in [0.1, 0.15) is 6.54 Å². The van der Waals surface area contributed by atoms with Crippen molar-refractivity contribution < 1.29 is 14.3 Å². The number of thioether (sulfide) groups is 2. The molecule has 0 atom stereocenters. The third kappa shape index (κ3) is 4.72. The maximum Gasteiger partial charge on any atom is 0.325 e. The monoisotopic (exact) mass is 479 g/mol. The number of amides is 1. The molecule has 8 heteroatoms. The predicted octanol–water partition coefficient (Wildman–Crippen LogP) is 5.47. The second-order valence-corrected chi connectivity index (χ2v) is 9.37. The lowest BCUT2D eigenvalue weighted by Crippen LogP contribution is -2.23. The standard InChI is InChI=1S/C25H25N3O3S2/c1-5-31-23(29)15-28-16(2)20(19-11-6-7-12-21(19)28)14-22-24(30)27(3)25(33-22)26-17-9-8-10-18(13-17)32-4/h6-14H,5,15H2,1-4H3/b22-14+,26-25?. The van der Waals surface area contributed by atoms with Crippen LogP contribution in [0.25, 0.3) is 17.0 Å². The van der Waals surface area contributed by atoms with Crippen molar-refractivity contribution in [2.45, 2.75) is 25.3 Å². The van der Waals surface area contributed by atoms with Crippen LogP contribution in [0, 0.1) is 6.92 Å². The van der Waals surface area contributed by atoms with Crippen LogP contribution in [0.4, 0.5) is 5.69 Å². The van der Waals surface area contributed by atoms with Gasteiger partial charge in [-0.25, -0.2) is 4.99 Å². The van der Waals surface area contributed by atoms with Crippen LogP contribution in [0.1, 0.15) is 18.2 Å². The number of benzene rings is 2. The van der Waals surface area contributed by atoms with E-state index in [1.807, 2.05) is 72.4 Å². The number of esters is 1. The SMILES string of the molecule is CCOC(=O)Cn1c(C)c(/C=C2/SC(=Nc3cccc(SC)c3)N(C)C2=O)c2ccccc21. The van der Waals surface area contributed by atoms with Gasteiger partial charge in [0.15, 0.2) is 5.17 Å². The molecule has 0 spiro atoms. The van der Waals surface area contributed by atoms with Gasteiger partial charge in [-0.2, -0.15) is 0 Å². The molecule has 1 fully saturated rings. The summed E-state index contributed by atoms with van der Waals surface area (Å²) in [5.74, 6) is -0.380. The Morgan fingerprint density at radius 1 is 1.21 bits per heavy atom. The Kier molecular flexibility index (Phi) is 6.95. The van der Waals surface area contributed by atoms with E-state index in [-0.39, 0.29) is 18.4 Å². The van der Waals surface area contributed by atoms with Crippen molar-refractivity contribution in [1.29, 1.82) is 0 Å². The Labute approximate surface area is 201 Å². The Balaban J connectivity index is 1.72. The first-order chi connectivity index (χ1) is 15.9. The van der Waals surface area contributed by atoms with Crippen molar-refractivity contribution in [3.8, 4) is 0 Å². The minimum atomic E-state index is -0.284. The molecule has 0 aliphatic carbocycles. The van der Waals surface area contributed by atoms with Crippen LogP contribution in [-0.2, 0) is 20.9 Å². The van der Waals surface area contributed by atoms with Gasteiger partial charge < -0.3 is 9.30 Å². The summed E-state index contributed by atoms with van der Waals surface area (Å²) in [4.78, 5) is 33.2. The van der Waals surface area contributed by atoms with Crippen LogP contribution in [-0.4, -0.2) is 46.4 Å². The van der Waals surface area contributed by atoms with Gasteiger partial charge in [0.25, 0.3) is 5.91 Å².